The molecule has 0 unspecified atom stereocenters. The molecule has 94 valence electrons. The van der Waals surface area contributed by atoms with Gasteiger partial charge in [0, 0.05) is 6.07 Å². The molecule has 1 aromatic carbocycles. The van der Waals surface area contributed by atoms with Crippen molar-refractivity contribution < 1.29 is 22.8 Å². The van der Waals surface area contributed by atoms with E-state index in [2.05, 4.69) is 15.9 Å². The summed E-state index contributed by atoms with van der Waals surface area (Å²) in [5.74, 6) is -0.0719. The summed E-state index contributed by atoms with van der Waals surface area (Å²) >= 11 is 2.74. The highest BCUT2D eigenvalue weighted by Gasteiger charge is 2.40. The van der Waals surface area contributed by atoms with Gasteiger partial charge in [-0.1, -0.05) is 0 Å². The first-order chi connectivity index (χ1) is 7.77. The number of hydrogen-bond donors (Lipinski definition) is 0. The van der Waals surface area contributed by atoms with E-state index in [0.29, 0.717) is 6.07 Å². The SMILES string of the molecule is CCOc1cc(Br)c([N+](=O)[O-])c(C(F)(F)F)c1. The highest BCUT2D eigenvalue weighted by molar-refractivity contribution is 9.10. The molecule has 0 saturated carbocycles. The van der Waals surface area contributed by atoms with E-state index in [1.165, 1.54) is 0 Å². The van der Waals surface area contributed by atoms with Crippen molar-refractivity contribution in [1.29, 1.82) is 0 Å². The normalized spacial score (nSPS) is 11.4. The zero-order valence-electron chi connectivity index (χ0n) is 8.55. The molecule has 0 N–H and O–H groups in total. The lowest BCUT2D eigenvalue weighted by atomic mass is 10.1. The lowest BCUT2D eigenvalue weighted by Gasteiger charge is -2.11. The van der Waals surface area contributed by atoms with E-state index < -0.39 is 22.4 Å². The third kappa shape index (κ3) is 3.09. The van der Waals surface area contributed by atoms with Crippen molar-refractivity contribution in [3.05, 3.63) is 32.3 Å². The molecule has 0 amide bonds. The zero-order chi connectivity index (χ0) is 13.2. The highest BCUT2D eigenvalue weighted by atomic mass is 79.9. The van der Waals surface area contributed by atoms with Gasteiger partial charge in [0.05, 0.1) is 16.0 Å². The minimum absolute atomic E-state index is 0.0719. The lowest BCUT2D eigenvalue weighted by Crippen LogP contribution is -2.10. The Morgan fingerprint density at radius 1 is 1.47 bits per heavy atom. The maximum atomic E-state index is 12.6. The van der Waals surface area contributed by atoms with Crippen LogP contribution in [0.4, 0.5) is 18.9 Å². The standard InChI is InChI=1S/C9H7BrF3NO3/c1-2-17-5-3-6(9(11,12)13)8(14(15)16)7(10)4-5/h3-4H,2H2,1H3. The maximum Gasteiger partial charge on any atom is 0.423 e. The van der Waals surface area contributed by atoms with Crippen LogP contribution in [0, 0.1) is 10.1 Å². The van der Waals surface area contributed by atoms with Crippen LogP contribution < -0.4 is 4.74 Å². The van der Waals surface area contributed by atoms with Gasteiger partial charge in [0.15, 0.2) is 0 Å². The number of nitro benzene ring substituents is 1. The first-order valence-corrected chi connectivity index (χ1v) is 5.24. The third-order valence-corrected chi connectivity index (χ3v) is 2.44. The molecule has 0 bridgehead atoms. The molecule has 8 heteroatoms. The molecule has 0 fully saturated rings. The lowest BCUT2D eigenvalue weighted by molar-refractivity contribution is -0.388. The van der Waals surface area contributed by atoms with Crippen LogP contribution in [-0.4, -0.2) is 11.5 Å². The molecule has 4 nitrogen and oxygen atoms in total. The zero-order valence-corrected chi connectivity index (χ0v) is 10.1. The van der Waals surface area contributed by atoms with Crippen molar-refractivity contribution >= 4 is 21.6 Å². The molecular weight excluding hydrogens is 307 g/mol. The summed E-state index contributed by atoms with van der Waals surface area (Å²) in [6.07, 6.45) is -4.81. The number of alkyl halides is 3. The predicted octanol–water partition coefficient (Wildman–Crippen LogP) is 3.77. The number of rotatable bonds is 3. The van der Waals surface area contributed by atoms with Crippen molar-refractivity contribution in [1.82, 2.24) is 0 Å². The molecule has 0 aliphatic rings. The second kappa shape index (κ2) is 4.91. The van der Waals surface area contributed by atoms with Gasteiger partial charge in [-0.05, 0) is 28.9 Å². The molecule has 17 heavy (non-hydrogen) atoms. The van der Waals surface area contributed by atoms with Crippen LogP contribution in [0.5, 0.6) is 5.75 Å². The fourth-order valence-corrected chi connectivity index (χ4v) is 1.81. The summed E-state index contributed by atoms with van der Waals surface area (Å²) in [6, 6.07) is 1.75. The molecule has 0 radical (unpaired) electrons. The van der Waals surface area contributed by atoms with Gasteiger partial charge in [-0.3, -0.25) is 10.1 Å². The summed E-state index contributed by atoms with van der Waals surface area (Å²) in [4.78, 5) is 9.51. The Kier molecular flexibility index (Phi) is 3.97. The first-order valence-electron chi connectivity index (χ1n) is 4.45. The van der Waals surface area contributed by atoms with Crippen molar-refractivity contribution in [3.8, 4) is 5.75 Å². The fourth-order valence-electron chi connectivity index (χ4n) is 1.23. The average molecular weight is 314 g/mol. The van der Waals surface area contributed by atoms with Crippen LogP contribution in [0.3, 0.4) is 0 Å². The molecular formula is C9H7BrF3NO3. The van der Waals surface area contributed by atoms with Gasteiger partial charge in [0.1, 0.15) is 11.3 Å². The Hall–Kier alpha value is -1.31. The number of hydrogen-bond acceptors (Lipinski definition) is 3. The largest absolute Gasteiger partial charge is 0.494 e. The number of benzene rings is 1. The monoisotopic (exact) mass is 313 g/mol. The molecule has 1 aromatic rings. The van der Waals surface area contributed by atoms with Gasteiger partial charge in [-0.25, -0.2) is 0 Å². The Morgan fingerprint density at radius 3 is 2.47 bits per heavy atom. The highest BCUT2D eigenvalue weighted by Crippen LogP contribution is 2.42. The van der Waals surface area contributed by atoms with Crippen molar-refractivity contribution in [2.45, 2.75) is 13.1 Å². The molecule has 0 spiro atoms. The van der Waals surface area contributed by atoms with Gasteiger partial charge in [0.2, 0.25) is 0 Å². The number of nitrogens with zero attached hydrogens (tertiary/aromatic N) is 1. The van der Waals surface area contributed by atoms with Gasteiger partial charge in [-0.2, -0.15) is 13.2 Å². The van der Waals surface area contributed by atoms with Crippen molar-refractivity contribution in [2.75, 3.05) is 6.61 Å². The third-order valence-electron chi connectivity index (χ3n) is 1.84. The predicted molar refractivity (Wildman–Crippen MR) is 57.0 cm³/mol. The fraction of sp³-hybridized carbons (Fsp3) is 0.333. The quantitative estimate of drug-likeness (QED) is 0.630. The van der Waals surface area contributed by atoms with Gasteiger partial charge in [-0.15, -0.1) is 0 Å². The minimum atomic E-state index is -4.81. The Bertz CT molecular complexity index is 448. The van der Waals surface area contributed by atoms with Gasteiger partial charge >= 0.3 is 6.18 Å². The average Bonchev–Trinajstić information content (AvgIpc) is 2.15. The van der Waals surface area contributed by atoms with E-state index in [-0.39, 0.29) is 16.8 Å². The Balaban J connectivity index is 3.45. The molecule has 0 saturated heterocycles. The van der Waals surface area contributed by atoms with Crippen LogP contribution in [0.25, 0.3) is 0 Å². The summed E-state index contributed by atoms with van der Waals surface area (Å²) in [5.41, 5.74) is -2.35. The second-order valence-electron chi connectivity index (χ2n) is 2.99. The second-order valence-corrected chi connectivity index (χ2v) is 3.84. The van der Waals surface area contributed by atoms with E-state index >= 15 is 0 Å². The maximum absolute atomic E-state index is 12.6. The van der Waals surface area contributed by atoms with Crippen molar-refractivity contribution in [3.63, 3.8) is 0 Å². The van der Waals surface area contributed by atoms with E-state index in [4.69, 9.17) is 4.74 Å². The molecule has 0 aliphatic carbocycles. The van der Waals surface area contributed by atoms with Gasteiger partial charge < -0.3 is 4.74 Å². The summed E-state index contributed by atoms with van der Waals surface area (Å²) < 4.78 is 42.5. The summed E-state index contributed by atoms with van der Waals surface area (Å²) in [6.45, 7) is 1.77. The van der Waals surface area contributed by atoms with Gasteiger partial charge in [0.25, 0.3) is 5.69 Å². The number of halogens is 4. The topological polar surface area (TPSA) is 52.4 Å². The van der Waals surface area contributed by atoms with Crippen LogP contribution in [0.1, 0.15) is 12.5 Å². The summed E-state index contributed by atoms with van der Waals surface area (Å²) in [5, 5.41) is 10.6. The van der Waals surface area contributed by atoms with Crippen LogP contribution in [0.2, 0.25) is 0 Å². The summed E-state index contributed by atoms with van der Waals surface area (Å²) in [7, 11) is 0. The molecule has 0 atom stereocenters. The Morgan fingerprint density at radius 2 is 2.06 bits per heavy atom. The molecule has 0 heterocycles. The molecule has 0 aliphatic heterocycles. The van der Waals surface area contributed by atoms with Crippen LogP contribution in [-0.2, 0) is 6.18 Å². The molecule has 1 rings (SSSR count). The van der Waals surface area contributed by atoms with E-state index in [0.717, 1.165) is 6.07 Å². The van der Waals surface area contributed by atoms with E-state index in [1.54, 1.807) is 6.92 Å². The smallest absolute Gasteiger partial charge is 0.423 e. The Labute approximate surface area is 103 Å². The number of ether oxygens (including phenoxy) is 1. The minimum Gasteiger partial charge on any atom is -0.494 e. The first kappa shape index (κ1) is 13.8. The van der Waals surface area contributed by atoms with Crippen LogP contribution >= 0.6 is 15.9 Å². The van der Waals surface area contributed by atoms with Crippen molar-refractivity contribution in [2.24, 2.45) is 0 Å². The number of nitro groups is 1. The van der Waals surface area contributed by atoms with E-state index in [9.17, 15) is 23.3 Å². The molecule has 0 aromatic heterocycles. The van der Waals surface area contributed by atoms with Crippen LogP contribution in [0.15, 0.2) is 16.6 Å². The van der Waals surface area contributed by atoms with E-state index in [1.807, 2.05) is 0 Å².